The first-order valence-corrected chi connectivity index (χ1v) is 6.57. The van der Waals surface area contributed by atoms with E-state index in [1.54, 1.807) is 0 Å². The molecule has 2 heterocycles. The molecule has 0 unspecified atom stereocenters. The average Bonchev–Trinajstić information content (AvgIpc) is 2.85. The lowest BCUT2D eigenvalue weighted by molar-refractivity contribution is -0.158. The van der Waals surface area contributed by atoms with Gasteiger partial charge in [-0.1, -0.05) is 20.8 Å². The second-order valence-corrected chi connectivity index (χ2v) is 6.34. The number of rotatable bonds is 2. The van der Waals surface area contributed by atoms with Gasteiger partial charge < -0.3 is 14.6 Å². The fourth-order valence-corrected chi connectivity index (χ4v) is 2.81. The number of carbonyl (C=O) groups excluding carboxylic acids is 3. The Balaban J connectivity index is 2.64. The molecule has 7 nitrogen and oxygen atoms in total. The predicted octanol–water partition coefficient (Wildman–Crippen LogP) is 0.544. The van der Waals surface area contributed by atoms with Gasteiger partial charge in [-0.2, -0.15) is 0 Å². The van der Waals surface area contributed by atoms with Crippen molar-refractivity contribution in [2.24, 2.45) is 5.41 Å². The zero-order valence-electron chi connectivity index (χ0n) is 12.7. The average molecular weight is 297 g/mol. The van der Waals surface area contributed by atoms with E-state index in [0.29, 0.717) is 0 Å². The van der Waals surface area contributed by atoms with Crippen molar-refractivity contribution < 1.29 is 29.0 Å². The molecule has 0 aromatic carbocycles. The first-order valence-electron chi connectivity index (χ1n) is 6.57. The number of nitrogens with zero attached hydrogens (tertiary/aromatic N) is 1. The number of aliphatic hydroxyl groups is 1. The highest BCUT2D eigenvalue weighted by Gasteiger charge is 2.67. The van der Waals surface area contributed by atoms with E-state index in [0.717, 1.165) is 12.0 Å². The Labute approximate surface area is 122 Å². The number of ketones is 1. The first kappa shape index (κ1) is 15.5. The van der Waals surface area contributed by atoms with Gasteiger partial charge in [0.15, 0.2) is 5.78 Å². The molecule has 21 heavy (non-hydrogen) atoms. The lowest BCUT2D eigenvalue weighted by Crippen LogP contribution is -2.56. The minimum Gasteiger partial charge on any atom is -0.508 e. The quantitative estimate of drug-likeness (QED) is 0.591. The van der Waals surface area contributed by atoms with Crippen LogP contribution in [0.5, 0.6) is 0 Å². The number of Topliss-reactive ketones (excluding diaryl/α,β-unsaturated/α-hetero) is 1. The van der Waals surface area contributed by atoms with Crippen LogP contribution in [0.2, 0.25) is 0 Å². The van der Waals surface area contributed by atoms with Crippen LogP contribution in [-0.4, -0.2) is 53.1 Å². The van der Waals surface area contributed by atoms with Crippen molar-refractivity contribution in [2.45, 2.75) is 39.5 Å². The normalized spacial score (nSPS) is 28.9. The summed E-state index contributed by atoms with van der Waals surface area (Å²) in [7, 11) is 1.16. The van der Waals surface area contributed by atoms with Gasteiger partial charge in [-0.15, -0.1) is 0 Å². The summed E-state index contributed by atoms with van der Waals surface area (Å²) >= 11 is 0. The van der Waals surface area contributed by atoms with E-state index < -0.39 is 40.6 Å². The molecule has 2 atom stereocenters. The summed E-state index contributed by atoms with van der Waals surface area (Å²) in [4.78, 5) is 37.5. The third-order valence-corrected chi connectivity index (χ3v) is 3.77. The van der Waals surface area contributed by atoms with Crippen LogP contribution in [0.4, 0.5) is 0 Å². The molecule has 1 saturated heterocycles. The first-order chi connectivity index (χ1) is 9.59. The molecule has 0 saturated carbocycles. The summed E-state index contributed by atoms with van der Waals surface area (Å²) in [5.41, 5.74) is -2.64. The Bertz CT molecular complexity index is 558. The fraction of sp³-hybridized carbons (Fsp3) is 0.643. The third kappa shape index (κ3) is 1.87. The van der Waals surface area contributed by atoms with Gasteiger partial charge in [-0.25, -0.2) is 4.79 Å². The van der Waals surface area contributed by atoms with Crippen molar-refractivity contribution in [2.75, 3.05) is 13.7 Å². The summed E-state index contributed by atoms with van der Waals surface area (Å²) in [6.07, 6.45) is -0.747. The van der Waals surface area contributed by atoms with Crippen molar-refractivity contribution in [3.8, 4) is 0 Å². The predicted molar refractivity (Wildman–Crippen MR) is 71.1 cm³/mol. The zero-order valence-corrected chi connectivity index (χ0v) is 12.7. The maximum atomic E-state index is 12.5. The molecular weight excluding hydrogens is 278 g/mol. The highest BCUT2D eigenvalue weighted by Crippen LogP contribution is 2.46. The molecule has 1 N–H and O–H groups in total. The largest absolute Gasteiger partial charge is 0.508 e. The van der Waals surface area contributed by atoms with Crippen molar-refractivity contribution >= 4 is 17.7 Å². The smallest absolute Gasteiger partial charge is 0.342 e. The lowest BCUT2D eigenvalue weighted by Gasteiger charge is -2.36. The van der Waals surface area contributed by atoms with E-state index in [2.05, 4.69) is 0 Å². The minimum absolute atomic E-state index is 0.240. The monoisotopic (exact) mass is 297 g/mol. The van der Waals surface area contributed by atoms with Crippen molar-refractivity contribution in [1.29, 1.82) is 0 Å². The minimum atomic E-state index is -1.76. The Morgan fingerprint density at radius 2 is 2.00 bits per heavy atom. The topological polar surface area (TPSA) is 93.1 Å². The molecule has 7 heteroatoms. The van der Waals surface area contributed by atoms with Gasteiger partial charge in [-0.05, 0) is 6.92 Å². The van der Waals surface area contributed by atoms with Gasteiger partial charge in [0.05, 0.1) is 13.7 Å². The molecule has 0 radical (unpaired) electrons. The number of amides is 1. The Morgan fingerprint density at radius 3 is 2.43 bits per heavy atom. The summed E-state index contributed by atoms with van der Waals surface area (Å²) in [6, 6.07) is 0. The van der Waals surface area contributed by atoms with Crippen molar-refractivity contribution in [1.82, 2.24) is 4.90 Å². The molecule has 0 spiro atoms. The number of esters is 1. The van der Waals surface area contributed by atoms with E-state index in [4.69, 9.17) is 9.47 Å². The van der Waals surface area contributed by atoms with Crippen LogP contribution >= 0.6 is 0 Å². The number of hydrogen-bond donors (Lipinski definition) is 1. The van der Waals surface area contributed by atoms with E-state index in [-0.39, 0.29) is 12.2 Å². The number of carbonyl (C=O) groups is 3. The van der Waals surface area contributed by atoms with Gasteiger partial charge in [0.2, 0.25) is 5.54 Å². The molecule has 0 aliphatic carbocycles. The summed E-state index contributed by atoms with van der Waals surface area (Å²) in [6.45, 7) is 6.43. The maximum Gasteiger partial charge on any atom is 0.342 e. The molecule has 2 aliphatic rings. The van der Waals surface area contributed by atoms with E-state index in [9.17, 15) is 19.5 Å². The van der Waals surface area contributed by atoms with Crippen LogP contribution in [-0.2, 0) is 23.9 Å². The van der Waals surface area contributed by atoms with Crippen molar-refractivity contribution in [3.63, 3.8) is 0 Å². The molecule has 2 rings (SSSR count). The van der Waals surface area contributed by atoms with Gasteiger partial charge >= 0.3 is 5.97 Å². The second-order valence-electron chi connectivity index (χ2n) is 6.34. The number of ether oxygens (including phenoxy) is 2. The SMILES string of the molecule is COC(=O)[C@]12CO[C@H](C(C)(C)C)N1C(=O)C(C(C)=O)=C2O. The van der Waals surface area contributed by atoms with E-state index >= 15 is 0 Å². The molecule has 1 fully saturated rings. The number of hydrogen-bond acceptors (Lipinski definition) is 6. The van der Waals surface area contributed by atoms with Gasteiger partial charge in [0.1, 0.15) is 17.6 Å². The molecular formula is C14H19NO6. The zero-order chi connectivity index (χ0) is 16.2. The highest BCUT2D eigenvalue weighted by molar-refractivity contribution is 6.23. The Hall–Kier alpha value is -1.89. The van der Waals surface area contributed by atoms with E-state index in [1.807, 2.05) is 20.8 Å². The van der Waals surface area contributed by atoms with E-state index in [1.165, 1.54) is 6.92 Å². The molecule has 0 bridgehead atoms. The van der Waals surface area contributed by atoms with Crippen LogP contribution in [0.25, 0.3) is 0 Å². The van der Waals surface area contributed by atoms with Crippen LogP contribution < -0.4 is 0 Å². The molecule has 0 aromatic heterocycles. The second kappa shape index (κ2) is 4.56. The highest BCUT2D eigenvalue weighted by atomic mass is 16.6. The maximum absolute atomic E-state index is 12.5. The van der Waals surface area contributed by atoms with Crippen LogP contribution in [0.1, 0.15) is 27.7 Å². The summed E-state index contributed by atoms with van der Waals surface area (Å²) in [5.74, 6) is -2.71. The molecule has 1 amide bonds. The summed E-state index contributed by atoms with van der Waals surface area (Å²) in [5, 5.41) is 10.4. The Kier molecular flexibility index (Phi) is 3.36. The standard InChI is InChI=1S/C14H19NO6/c1-7(16)8-9(17)14(12(19)20-5)6-21-11(13(2,3)4)15(14)10(8)18/h11,17H,6H2,1-5H3/t11-,14-/m1/s1. The number of fused-ring (bicyclic) bond motifs is 1. The van der Waals surface area contributed by atoms with Gasteiger partial charge in [0, 0.05) is 5.41 Å². The number of aliphatic hydroxyl groups excluding tert-OH is 1. The Morgan fingerprint density at radius 1 is 1.43 bits per heavy atom. The van der Waals surface area contributed by atoms with Crippen molar-refractivity contribution in [3.05, 3.63) is 11.3 Å². The lowest BCUT2D eigenvalue weighted by atomic mass is 9.91. The summed E-state index contributed by atoms with van der Waals surface area (Å²) < 4.78 is 10.3. The molecule has 116 valence electrons. The number of methoxy groups -OCH3 is 1. The van der Waals surface area contributed by atoms with Gasteiger partial charge in [-0.3, -0.25) is 14.5 Å². The fourth-order valence-electron chi connectivity index (χ4n) is 2.81. The third-order valence-electron chi connectivity index (χ3n) is 3.77. The van der Waals surface area contributed by atoms with Crippen LogP contribution in [0, 0.1) is 5.41 Å². The molecule has 2 aliphatic heterocycles. The van der Waals surface area contributed by atoms with Crippen LogP contribution in [0.3, 0.4) is 0 Å². The molecule has 0 aromatic rings. The van der Waals surface area contributed by atoms with Gasteiger partial charge in [0.25, 0.3) is 5.91 Å². The van der Waals surface area contributed by atoms with Crippen LogP contribution in [0.15, 0.2) is 11.3 Å².